The second-order valence-corrected chi connectivity index (χ2v) is 5.14. The van der Waals surface area contributed by atoms with Gasteiger partial charge in [0, 0.05) is 16.0 Å². The van der Waals surface area contributed by atoms with Crippen LogP contribution in [0.25, 0.3) is 0 Å². The summed E-state index contributed by atoms with van der Waals surface area (Å²) in [6, 6.07) is 14.6. The van der Waals surface area contributed by atoms with Crippen LogP contribution in [-0.2, 0) is 4.79 Å². The number of rotatable bonds is 4. The lowest BCUT2D eigenvalue weighted by molar-refractivity contribution is -0.137. The Morgan fingerprint density at radius 2 is 1.58 bits per heavy atom. The maximum absolute atomic E-state index is 11.1. The molecular weight excluding hydrogens is 283 g/mol. The fraction of sp³-hybridized carbons (Fsp3) is 0.133. The maximum atomic E-state index is 11.1. The lowest BCUT2D eigenvalue weighted by atomic mass is 9.88. The molecule has 0 amide bonds. The fourth-order valence-electron chi connectivity index (χ4n) is 2.06. The van der Waals surface area contributed by atoms with Gasteiger partial charge in [-0.1, -0.05) is 53.5 Å². The quantitative estimate of drug-likeness (QED) is 0.895. The van der Waals surface area contributed by atoms with Crippen LogP contribution in [0.2, 0.25) is 10.0 Å². The summed E-state index contributed by atoms with van der Waals surface area (Å²) in [5, 5.41) is 10.1. The number of benzene rings is 2. The number of halogens is 2. The van der Waals surface area contributed by atoms with E-state index in [1.165, 1.54) is 0 Å². The van der Waals surface area contributed by atoms with Crippen molar-refractivity contribution in [1.82, 2.24) is 0 Å². The van der Waals surface area contributed by atoms with Crippen LogP contribution in [-0.4, -0.2) is 11.1 Å². The van der Waals surface area contributed by atoms with E-state index in [9.17, 15) is 4.79 Å². The summed E-state index contributed by atoms with van der Waals surface area (Å²) in [6.07, 6.45) is 0.000679. The normalized spacial score (nSPS) is 12.1. The number of carboxylic acid groups (broad SMARTS) is 1. The SMILES string of the molecule is O=C(O)C[C@@H](c1ccccc1)c1cc(Cl)cc(Cl)c1. The molecule has 2 aromatic rings. The summed E-state index contributed by atoms with van der Waals surface area (Å²) in [4.78, 5) is 11.1. The van der Waals surface area contributed by atoms with E-state index >= 15 is 0 Å². The highest BCUT2D eigenvalue weighted by molar-refractivity contribution is 6.34. The Hall–Kier alpha value is -1.51. The van der Waals surface area contributed by atoms with Gasteiger partial charge in [-0.3, -0.25) is 4.79 Å². The van der Waals surface area contributed by atoms with Crippen molar-refractivity contribution in [2.45, 2.75) is 12.3 Å². The van der Waals surface area contributed by atoms with Crippen molar-refractivity contribution in [3.05, 3.63) is 69.7 Å². The molecule has 0 saturated heterocycles. The minimum absolute atomic E-state index is 0.000679. The first kappa shape index (κ1) is 13.9. The number of carboxylic acids is 1. The van der Waals surface area contributed by atoms with E-state index in [1.54, 1.807) is 18.2 Å². The molecule has 0 heterocycles. The Kier molecular flexibility index (Phi) is 4.46. The number of hydrogen-bond acceptors (Lipinski definition) is 1. The van der Waals surface area contributed by atoms with Gasteiger partial charge in [0.05, 0.1) is 6.42 Å². The lowest BCUT2D eigenvalue weighted by Gasteiger charge is -2.16. The molecule has 0 spiro atoms. The molecule has 0 aliphatic carbocycles. The smallest absolute Gasteiger partial charge is 0.304 e. The zero-order chi connectivity index (χ0) is 13.8. The van der Waals surface area contributed by atoms with Gasteiger partial charge in [0.25, 0.3) is 0 Å². The van der Waals surface area contributed by atoms with E-state index in [-0.39, 0.29) is 12.3 Å². The van der Waals surface area contributed by atoms with Crippen LogP contribution in [0.4, 0.5) is 0 Å². The second kappa shape index (κ2) is 6.09. The molecule has 0 saturated carbocycles. The van der Waals surface area contributed by atoms with Crippen LogP contribution in [0.5, 0.6) is 0 Å². The van der Waals surface area contributed by atoms with Crippen LogP contribution in [0.3, 0.4) is 0 Å². The number of carbonyl (C=O) groups is 1. The van der Waals surface area contributed by atoms with Crippen molar-refractivity contribution in [2.75, 3.05) is 0 Å². The van der Waals surface area contributed by atoms with E-state index in [4.69, 9.17) is 28.3 Å². The first-order valence-corrected chi connectivity index (χ1v) is 6.54. The number of aliphatic carboxylic acids is 1. The van der Waals surface area contributed by atoms with Gasteiger partial charge in [0.15, 0.2) is 0 Å². The first-order chi connectivity index (χ1) is 9.06. The van der Waals surface area contributed by atoms with Crippen molar-refractivity contribution in [3.8, 4) is 0 Å². The molecule has 0 radical (unpaired) electrons. The topological polar surface area (TPSA) is 37.3 Å². The predicted octanol–water partition coefficient (Wildman–Crippen LogP) is 4.60. The molecule has 2 nitrogen and oxygen atoms in total. The summed E-state index contributed by atoms with van der Waals surface area (Å²) in [6.45, 7) is 0. The molecule has 0 aliphatic rings. The average Bonchev–Trinajstić information content (AvgIpc) is 2.35. The predicted molar refractivity (Wildman–Crippen MR) is 77.0 cm³/mol. The van der Waals surface area contributed by atoms with Gasteiger partial charge in [0.2, 0.25) is 0 Å². The molecule has 0 aliphatic heterocycles. The molecule has 0 unspecified atom stereocenters. The Bertz CT molecular complexity index is 562. The van der Waals surface area contributed by atoms with Crippen molar-refractivity contribution < 1.29 is 9.90 Å². The van der Waals surface area contributed by atoms with E-state index < -0.39 is 5.97 Å². The zero-order valence-corrected chi connectivity index (χ0v) is 11.5. The van der Waals surface area contributed by atoms with Crippen molar-refractivity contribution in [3.63, 3.8) is 0 Å². The minimum atomic E-state index is -0.857. The standard InChI is InChI=1S/C15H12Cl2O2/c16-12-6-11(7-13(17)8-12)14(9-15(18)19)10-4-2-1-3-5-10/h1-8,14H,9H2,(H,18,19)/t14-/m0/s1. The van der Waals surface area contributed by atoms with E-state index in [1.807, 2.05) is 30.3 Å². The summed E-state index contributed by atoms with van der Waals surface area (Å²) < 4.78 is 0. The van der Waals surface area contributed by atoms with Gasteiger partial charge >= 0.3 is 5.97 Å². The van der Waals surface area contributed by atoms with Crippen molar-refractivity contribution in [1.29, 1.82) is 0 Å². The summed E-state index contributed by atoms with van der Waals surface area (Å²) >= 11 is 12.0. The maximum Gasteiger partial charge on any atom is 0.304 e. The van der Waals surface area contributed by atoms with E-state index in [2.05, 4.69) is 0 Å². The molecule has 2 rings (SSSR count). The molecule has 4 heteroatoms. The third kappa shape index (κ3) is 3.72. The molecule has 19 heavy (non-hydrogen) atoms. The van der Waals surface area contributed by atoms with Crippen LogP contribution in [0, 0.1) is 0 Å². The third-order valence-corrected chi connectivity index (χ3v) is 3.30. The Balaban J connectivity index is 2.45. The summed E-state index contributed by atoms with van der Waals surface area (Å²) in [5.41, 5.74) is 1.74. The van der Waals surface area contributed by atoms with Crippen molar-refractivity contribution in [2.24, 2.45) is 0 Å². The second-order valence-electron chi connectivity index (χ2n) is 4.26. The molecule has 0 aromatic heterocycles. The molecule has 2 aromatic carbocycles. The third-order valence-electron chi connectivity index (χ3n) is 2.87. The van der Waals surface area contributed by atoms with E-state index in [0.29, 0.717) is 10.0 Å². The Morgan fingerprint density at radius 3 is 2.11 bits per heavy atom. The van der Waals surface area contributed by atoms with Gasteiger partial charge in [-0.2, -0.15) is 0 Å². The largest absolute Gasteiger partial charge is 0.481 e. The molecule has 1 atom stereocenters. The number of hydrogen-bond donors (Lipinski definition) is 1. The molecule has 98 valence electrons. The lowest BCUT2D eigenvalue weighted by Crippen LogP contribution is -2.08. The van der Waals surface area contributed by atoms with Crippen LogP contribution in [0.15, 0.2) is 48.5 Å². The fourth-order valence-corrected chi connectivity index (χ4v) is 2.61. The Labute approximate surface area is 121 Å². The molecular formula is C15H12Cl2O2. The van der Waals surface area contributed by atoms with Gasteiger partial charge in [-0.25, -0.2) is 0 Å². The minimum Gasteiger partial charge on any atom is -0.481 e. The summed E-state index contributed by atoms with van der Waals surface area (Å²) in [7, 11) is 0. The molecule has 1 N–H and O–H groups in total. The van der Waals surface area contributed by atoms with Gasteiger partial charge in [0.1, 0.15) is 0 Å². The van der Waals surface area contributed by atoms with Crippen LogP contribution in [0.1, 0.15) is 23.5 Å². The van der Waals surface area contributed by atoms with E-state index in [0.717, 1.165) is 11.1 Å². The highest BCUT2D eigenvalue weighted by Crippen LogP contribution is 2.31. The van der Waals surface area contributed by atoms with Crippen LogP contribution >= 0.6 is 23.2 Å². The molecule has 0 bridgehead atoms. The Morgan fingerprint density at radius 1 is 1.00 bits per heavy atom. The first-order valence-electron chi connectivity index (χ1n) is 5.79. The highest BCUT2D eigenvalue weighted by atomic mass is 35.5. The molecule has 0 fully saturated rings. The summed E-state index contributed by atoms with van der Waals surface area (Å²) in [5.74, 6) is -1.11. The highest BCUT2D eigenvalue weighted by Gasteiger charge is 2.18. The van der Waals surface area contributed by atoms with Gasteiger partial charge in [-0.05, 0) is 29.3 Å². The average molecular weight is 295 g/mol. The van der Waals surface area contributed by atoms with Gasteiger partial charge in [-0.15, -0.1) is 0 Å². The monoisotopic (exact) mass is 294 g/mol. The van der Waals surface area contributed by atoms with Crippen LogP contribution < -0.4 is 0 Å². The zero-order valence-electron chi connectivity index (χ0n) is 10.0. The van der Waals surface area contributed by atoms with Gasteiger partial charge < -0.3 is 5.11 Å². The van der Waals surface area contributed by atoms with Crippen molar-refractivity contribution >= 4 is 29.2 Å².